The van der Waals surface area contributed by atoms with Crippen LogP contribution in [0.2, 0.25) is 0 Å². The summed E-state index contributed by atoms with van der Waals surface area (Å²) in [4.78, 5) is 8.60. The molecule has 2 saturated heterocycles. The molecular formula is C21H23FN6O. The van der Waals surface area contributed by atoms with Crippen LogP contribution in [0.1, 0.15) is 31.2 Å². The third-order valence-electron chi connectivity index (χ3n) is 5.72. The molecule has 2 unspecified atom stereocenters. The highest BCUT2D eigenvalue weighted by molar-refractivity contribution is 5.62. The van der Waals surface area contributed by atoms with Gasteiger partial charge in [-0.1, -0.05) is 0 Å². The summed E-state index contributed by atoms with van der Waals surface area (Å²) in [5.41, 5.74) is 1.77. The molecule has 1 aromatic carbocycles. The van der Waals surface area contributed by atoms with Crippen LogP contribution in [0, 0.1) is 12.7 Å². The zero-order valence-corrected chi connectivity index (χ0v) is 16.2. The minimum atomic E-state index is -0.381. The first kappa shape index (κ1) is 18.1. The fraction of sp³-hybridized carbons (Fsp3) is 0.381. The van der Waals surface area contributed by atoms with E-state index in [0.29, 0.717) is 35.2 Å². The molecule has 2 N–H and O–H groups in total. The molecule has 7 nitrogen and oxygen atoms in total. The molecule has 0 amide bonds. The molecule has 0 saturated carbocycles. The zero-order chi connectivity index (χ0) is 19.8. The Bertz CT molecular complexity index is 996. The van der Waals surface area contributed by atoms with Crippen molar-refractivity contribution in [2.45, 2.75) is 50.8 Å². The summed E-state index contributed by atoms with van der Waals surface area (Å²) in [6.07, 6.45) is 9.45. The van der Waals surface area contributed by atoms with E-state index < -0.39 is 0 Å². The standard InChI is InChI=1S/C21H23FN6O/c1-13-20(27-19-6-5-16(11-18(19)22)28-8-2-7-25-28)23-12-24-21(13)29-17-9-14-3-4-15(10-17)26-14/h2,5-8,11-12,14-15,17,26H,3-4,9-10H2,1H3,(H,23,24,27). The van der Waals surface area contributed by atoms with Crippen LogP contribution < -0.4 is 15.4 Å². The number of halogens is 1. The van der Waals surface area contributed by atoms with E-state index in [1.165, 1.54) is 25.2 Å². The fourth-order valence-electron chi connectivity index (χ4n) is 4.23. The van der Waals surface area contributed by atoms with E-state index in [9.17, 15) is 4.39 Å². The van der Waals surface area contributed by atoms with Crippen molar-refractivity contribution in [1.82, 2.24) is 25.1 Å². The molecule has 0 aliphatic carbocycles. The van der Waals surface area contributed by atoms with Gasteiger partial charge in [-0.3, -0.25) is 0 Å². The molecule has 2 aliphatic rings. The van der Waals surface area contributed by atoms with Crippen molar-refractivity contribution in [3.8, 4) is 11.6 Å². The molecule has 2 aliphatic heterocycles. The van der Waals surface area contributed by atoms with Crippen LogP contribution in [0.3, 0.4) is 0 Å². The zero-order valence-electron chi connectivity index (χ0n) is 16.2. The molecule has 2 atom stereocenters. The fourth-order valence-corrected chi connectivity index (χ4v) is 4.23. The first-order chi connectivity index (χ1) is 14.2. The average Bonchev–Trinajstić information content (AvgIpc) is 3.36. The van der Waals surface area contributed by atoms with Crippen molar-refractivity contribution >= 4 is 11.5 Å². The highest BCUT2D eigenvalue weighted by Crippen LogP contribution is 2.32. The number of fused-ring (bicyclic) bond motifs is 2. The maximum Gasteiger partial charge on any atom is 0.221 e. The van der Waals surface area contributed by atoms with Crippen LogP contribution in [0.25, 0.3) is 5.69 Å². The van der Waals surface area contributed by atoms with E-state index in [2.05, 4.69) is 25.7 Å². The second kappa shape index (κ2) is 7.44. The Kier molecular flexibility index (Phi) is 4.63. The smallest absolute Gasteiger partial charge is 0.221 e. The van der Waals surface area contributed by atoms with Crippen molar-refractivity contribution in [1.29, 1.82) is 0 Å². The minimum absolute atomic E-state index is 0.153. The highest BCUT2D eigenvalue weighted by atomic mass is 19.1. The molecule has 2 aromatic heterocycles. The SMILES string of the molecule is Cc1c(Nc2ccc(-n3cccn3)cc2F)ncnc1OC1CC2CCC(C1)N2. The van der Waals surface area contributed by atoms with Crippen molar-refractivity contribution in [3.05, 3.63) is 54.4 Å². The number of nitrogens with one attached hydrogen (secondary N) is 2. The summed E-state index contributed by atoms with van der Waals surface area (Å²) in [5, 5.41) is 10.8. The van der Waals surface area contributed by atoms with Crippen LogP contribution in [-0.2, 0) is 0 Å². The van der Waals surface area contributed by atoms with Crippen LogP contribution in [0.5, 0.6) is 5.88 Å². The second-order valence-electron chi connectivity index (χ2n) is 7.74. The number of hydrogen-bond acceptors (Lipinski definition) is 6. The van der Waals surface area contributed by atoms with Crippen LogP contribution in [0.15, 0.2) is 43.0 Å². The van der Waals surface area contributed by atoms with Gasteiger partial charge in [-0.2, -0.15) is 5.10 Å². The lowest BCUT2D eigenvalue weighted by Gasteiger charge is -2.29. The molecule has 5 rings (SSSR count). The summed E-state index contributed by atoms with van der Waals surface area (Å²) in [5.74, 6) is 0.716. The Morgan fingerprint density at radius 3 is 2.76 bits per heavy atom. The highest BCUT2D eigenvalue weighted by Gasteiger charge is 2.35. The predicted molar refractivity (Wildman–Crippen MR) is 107 cm³/mol. The van der Waals surface area contributed by atoms with Crippen molar-refractivity contribution in [2.75, 3.05) is 5.32 Å². The predicted octanol–water partition coefficient (Wildman–Crippen LogP) is 3.52. The normalized spacial score (nSPS) is 23.2. The van der Waals surface area contributed by atoms with Gasteiger partial charge >= 0.3 is 0 Å². The summed E-state index contributed by atoms with van der Waals surface area (Å²) >= 11 is 0. The molecule has 4 heterocycles. The Morgan fingerprint density at radius 2 is 2.03 bits per heavy atom. The first-order valence-corrected chi connectivity index (χ1v) is 9.96. The van der Waals surface area contributed by atoms with E-state index in [4.69, 9.17) is 4.74 Å². The lowest BCUT2D eigenvalue weighted by molar-refractivity contribution is 0.131. The minimum Gasteiger partial charge on any atom is -0.474 e. The van der Waals surface area contributed by atoms with Gasteiger partial charge in [-0.25, -0.2) is 19.0 Å². The summed E-state index contributed by atoms with van der Waals surface area (Å²) in [7, 11) is 0. The molecular weight excluding hydrogens is 371 g/mol. The number of ether oxygens (including phenoxy) is 1. The Labute approximate surface area is 168 Å². The van der Waals surface area contributed by atoms with Gasteiger partial charge in [0.2, 0.25) is 5.88 Å². The van der Waals surface area contributed by atoms with Crippen LogP contribution in [0.4, 0.5) is 15.9 Å². The van der Waals surface area contributed by atoms with Crippen molar-refractivity contribution < 1.29 is 9.13 Å². The molecule has 8 heteroatoms. The van der Waals surface area contributed by atoms with E-state index in [-0.39, 0.29) is 11.9 Å². The van der Waals surface area contributed by atoms with Gasteiger partial charge in [0.15, 0.2) is 0 Å². The van der Waals surface area contributed by atoms with Crippen molar-refractivity contribution in [2.24, 2.45) is 0 Å². The van der Waals surface area contributed by atoms with Gasteiger partial charge in [0.05, 0.1) is 16.9 Å². The van der Waals surface area contributed by atoms with Gasteiger partial charge in [0.25, 0.3) is 0 Å². The van der Waals surface area contributed by atoms with Crippen molar-refractivity contribution in [3.63, 3.8) is 0 Å². The van der Waals surface area contributed by atoms with Gasteiger partial charge in [0, 0.05) is 30.5 Å². The van der Waals surface area contributed by atoms with Gasteiger partial charge < -0.3 is 15.4 Å². The number of aromatic nitrogens is 4. The first-order valence-electron chi connectivity index (χ1n) is 9.96. The number of piperidine rings is 1. The van der Waals surface area contributed by atoms with E-state index in [0.717, 1.165) is 18.4 Å². The molecule has 29 heavy (non-hydrogen) atoms. The third kappa shape index (κ3) is 3.67. The molecule has 0 radical (unpaired) electrons. The number of hydrogen-bond donors (Lipinski definition) is 2. The van der Waals surface area contributed by atoms with Gasteiger partial charge in [-0.05, 0) is 50.8 Å². The summed E-state index contributed by atoms with van der Waals surface area (Å²) in [6.45, 7) is 1.89. The Morgan fingerprint density at radius 1 is 1.21 bits per heavy atom. The maximum absolute atomic E-state index is 14.6. The molecule has 0 spiro atoms. The quantitative estimate of drug-likeness (QED) is 0.690. The Balaban J connectivity index is 1.33. The molecule has 2 fully saturated rings. The van der Waals surface area contributed by atoms with E-state index in [1.807, 2.05) is 6.92 Å². The number of anilines is 2. The second-order valence-corrected chi connectivity index (χ2v) is 7.74. The van der Waals surface area contributed by atoms with Gasteiger partial charge in [0.1, 0.15) is 24.1 Å². The summed E-state index contributed by atoms with van der Waals surface area (Å²) in [6, 6.07) is 7.80. The van der Waals surface area contributed by atoms with Crippen LogP contribution >= 0.6 is 0 Å². The topological polar surface area (TPSA) is 76.9 Å². The lowest BCUT2D eigenvalue weighted by atomic mass is 10.0. The largest absolute Gasteiger partial charge is 0.474 e. The maximum atomic E-state index is 14.6. The Hall–Kier alpha value is -3.00. The summed E-state index contributed by atoms with van der Waals surface area (Å²) < 4.78 is 22.5. The molecule has 3 aromatic rings. The number of rotatable bonds is 5. The molecule has 150 valence electrons. The monoisotopic (exact) mass is 394 g/mol. The van der Waals surface area contributed by atoms with E-state index >= 15 is 0 Å². The lowest BCUT2D eigenvalue weighted by Crippen LogP contribution is -2.42. The third-order valence-corrected chi connectivity index (χ3v) is 5.72. The molecule has 2 bridgehead atoms. The number of benzene rings is 1. The average molecular weight is 394 g/mol. The van der Waals surface area contributed by atoms with Crippen LogP contribution in [-0.4, -0.2) is 37.9 Å². The van der Waals surface area contributed by atoms with Gasteiger partial charge in [-0.15, -0.1) is 0 Å². The van der Waals surface area contributed by atoms with E-state index in [1.54, 1.807) is 35.3 Å². The number of nitrogens with zero attached hydrogens (tertiary/aromatic N) is 4.